The van der Waals surface area contributed by atoms with Gasteiger partial charge < -0.3 is 20.1 Å². The van der Waals surface area contributed by atoms with E-state index in [0.717, 1.165) is 0 Å². The van der Waals surface area contributed by atoms with Crippen molar-refractivity contribution in [1.29, 1.82) is 0 Å². The van der Waals surface area contributed by atoms with Crippen LogP contribution in [0.15, 0.2) is 23.8 Å². The number of carbonyl (C=O) groups is 3. The number of alkyl halides is 1. The van der Waals surface area contributed by atoms with Crippen LogP contribution < -0.4 is 0 Å². The zero-order valence-corrected chi connectivity index (χ0v) is 16.6. The predicted octanol–water partition coefficient (Wildman–Crippen LogP) is 1.07. The van der Waals surface area contributed by atoms with Crippen molar-refractivity contribution in [3.63, 3.8) is 0 Å². The van der Waals surface area contributed by atoms with E-state index < -0.39 is 58.3 Å². The monoisotopic (exact) mass is 406 g/mol. The van der Waals surface area contributed by atoms with Gasteiger partial charge in [0.05, 0.1) is 12.0 Å². The highest BCUT2D eigenvalue weighted by Gasteiger charge is 2.76. The van der Waals surface area contributed by atoms with E-state index in [2.05, 4.69) is 0 Å². The molecule has 0 bridgehead atoms. The molecule has 8 atom stereocenters. The lowest BCUT2D eigenvalue weighted by Crippen LogP contribution is -2.69. The number of hydrogen-bond acceptors (Lipinski definition) is 6. The molecule has 7 heteroatoms. The molecule has 0 aliphatic heterocycles. The SMILES string of the molecule is C[C@]12C=CC(=O)C=C1CC[C@H]1[C@@H]3C[C@@H](C=O)[C@](O)(C(=O)CO)[C@@]3(C)C[C@H](O)[C@@]12F. The molecule has 0 aromatic rings. The van der Waals surface area contributed by atoms with Gasteiger partial charge in [-0.2, -0.15) is 0 Å². The van der Waals surface area contributed by atoms with Crippen molar-refractivity contribution in [3.8, 4) is 0 Å². The van der Waals surface area contributed by atoms with Gasteiger partial charge in [0.15, 0.2) is 17.2 Å². The van der Waals surface area contributed by atoms with Crippen molar-refractivity contribution < 1.29 is 34.1 Å². The van der Waals surface area contributed by atoms with Crippen molar-refractivity contribution in [2.75, 3.05) is 6.61 Å². The van der Waals surface area contributed by atoms with E-state index in [1.807, 2.05) is 0 Å². The van der Waals surface area contributed by atoms with Crippen LogP contribution in [0.3, 0.4) is 0 Å². The number of rotatable bonds is 3. The lowest BCUT2D eigenvalue weighted by molar-refractivity contribution is -0.219. The van der Waals surface area contributed by atoms with Crippen molar-refractivity contribution >= 4 is 17.9 Å². The molecule has 4 rings (SSSR count). The number of aliphatic hydroxyl groups is 3. The van der Waals surface area contributed by atoms with Gasteiger partial charge in [0.1, 0.15) is 18.5 Å². The standard InChI is InChI=1S/C22H27FO6/c1-19-6-5-14(26)7-12(19)3-4-15-16-8-13(10-24)22(29,18(28)11-25)20(16,2)9-17(27)21(15,19)23/h5-7,10,13,15-17,25,27,29H,3-4,8-9,11H2,1-2H3/t13-,15-,16-,17-,19-,20-,21-,22-/m0/s1. The molecule has 0 saturated heterocycles. The summed E-state index contributed by atoms with van der Waals surface area (Å²) < 4.78 is 16.9. The van der Waals surface area contributed by atoms with Crippen LogP contribution in [-0.4, -0.2) is 57.2 Å². The number of allylic oxidation sites excluding steroid dienone is 4. The Bertz CT molecular complexity index is 850. The number of fused-ring (bicyclic) bond motifs is 5. The molecule has 0 aromatic heterocycles. The Morgan fingerprint density at radius 2 is 2.03 bits per heavy atom. The highest BCUT2D eigenvalue weighted by Crippen LogP contribution is 2.70. The van der Waals surface area contributed by atoms with Gasteiger partial charge in [0.2, 0.25) is 0 Å². The first kappa shape index (κ1) is 20.6. The first-order chi connectivity index (χ1) is 13.5. The van der Waals surface area contributed by atoms with Crippen LogP contribution >= 0.6 is 0 Å². The Morgan fingerprint density at radius 1 is 1.34 bits per heavy atom. The highest BCUT2D eigenvalue weighted by molar-refractivity contribution is 6.01. The Kier molecular flexibility index (Phi) is 4.37. The van der Waals surface area contributed by atoms with E-state index in [1.165, 1.54) is 18.2 Å². The highest BCUT2D eigenvalue weighted by atomic mass is 19.1. The molecule has 3 saturated carbocycles. The number of carbonyl (C=O) groups excluding carboxylic acids is 3. The Balaban J connectivity index is 1.86. The maximum Gasteiger partial charge on any atom is 0.190 e. The smallest absolute Gasteiger partial charge is 0.190 e. The lowest BCUT2D eigenvalue weighted by Gasteiger charge is -2.62. The maximum atomic E-state index is 16.9. The molecule has 0 amide bonds. The fraction of sp³-hybridized carbons (Fsp3) is 0.682. The van der Waals surface area contributed by atoms with Crippen LogP contribution in [0, 0.1) is 28.6 Å². The molecule has 0 heterocycles. The van der Waals surface area contributed by atoms with Crippen molar-refractivity contribution in [3.05, 3.63) is 23.8 Å². The minimum absolute atomic E-state index is 0.114. The molecule has 0 spiro atoms. The van der Waals surface area contributed by atoms with Crippen LogP contribution in [0.1, 0.15) is 39.5 Å². The van der Waals surface area contributed by atoms with Gasteiger partial charge in [-0.1, -0.05) is 18.6 Å². The second-order valence-electron chi connectivity index (χ2n) is 9.59. The third-order valence-electron chi connectivity index (χ3n) is 8.68. The normalized spacial score (nSPS) is 51.0. The largest absolute Gasteiger partial charge is 0.390 e. The molecular formula is C22H27FO6. The molecule has 29 heavy (non-hydrogen) atoms. The lowest BCUT2D eigenvalue weighted by atomic mass is 9.44. The van der Waals surface area contributed by atoms with Gasteiger partial charge >= 0.3 is 0 Å². The van der Waals surface area contributed by atoms with E-state index in [4.69, 9.17) is 0 Å². The number of halogens is 1. The van der Waals surface area contributed by atoms with Crippen molar-refractivity contribution in [2.45, 2.75) is 56.9 Å². The molecule has 158 valence electrons. The zero-order valence-electron chi connectivity index (χ0n) is 16.6. The summed E-state index contributed by atoms with van der Waals surface area (Å²) >= 11 is 0. The summed E-state index contributed by atoms with van der Waals surface area (Å²) in [6.45, 7) is 2.36. The second kappa shape index (κ2) is 6.15. The fourth-order valence-electron chi connectivity index (χ4n) is 7.10. The van der Waals surface area contributed by atoms with E-state index in [0.29, 0.717) is 24.7 Å². The zero-order chi connectivity index (χ0) is 21.4. The van der Waals surface area contributed by atoms with Crippen molar-refractivity contribution in [2.24, 2.45) is 28.6 Å². The number of hydrogen-bond donors (Lipinski definition) is 3. The first-order valence-corrected chi connectivity index (χ1v) is 10.1. The van der Waals surface area contributed by atoms with Gasteiger partial charge in [-0.3, -0.25) is 9.59 Å². The fourth-order valence-corrected chi connectivity index (χ4v) is 7.10. The first-order valence-electron chi connectivity index (χ1n) is 10.1. The molecule has 3 N–H and O–H groups in total. The molecule has 0 radical (unpaired) electrons. The van der Waals surface area contributed by atoms with Crippen LogP contribution in [-0.2, 0) is 14.4 Å². The molecule has 0 aromatic carbocycles. The minimum Gasteiger partial charge on any atom is -0.390 e. The quantitative estimate of drug-likeness (QED) is 0.605. The average molecular weight is 406 g/mol. The summed E-state index contributed by atoms with van der Waals surface area (Å²) in [6.07, 6.45) is 3.98. The number of aldehydes is 1. The third-order valence-corrected chi connectivity index (χ3v) is 8.68. The van der Waals surface area contributed by atoms with E-state index in [1.54, 1.807) is 13.8 Å². The van der Waals surface area contributed by atoms with E-state index in [9.17, 15) is 29.7 Å². The summed E-state index contributed by atoms with van der Waals surface area (Å²) in [7, 11) is 0. The van der Waals surface area contributed by atoms with Gasteiger partial charge in [-0.15, -0.1) is 0 Å². The second-order valence-corrected chi connectivity index (χ2v) is 9.59. The van der Waals surface area contributed by atoms with Crippen molar-refractivity contribution in [1.82, 2.24) is 0 Å². The molecule has 6 nitrogen and oxygen atoms in total. The summed E-state index contributed by atoms with van der Waals surface area (Å²) in [4.78, 5) is 36.1. The van der Waals surface area contributed by atoms with Crippen LogP contribution in [0.2, 0.25) is 0 Å². The summed E-state index contributed by atoms with van der Waals surface area (Å²) in [6, 6.07) is 0. The minimum atomic E-state index is -2.15. The topological polar surface area (TPSA) is 112 Å². The molecule has 0 unspecified atom stereocenters. The van der Waals surface area contributed by atoms with E-state index >= 15 is 4.39 Å². The summed E-state index contributed by atoms with van der Waals surface area (Å²) in [5.41, 5.74) is -6.03. The predicted molar refractivity (Wildman–Crippen MR) is 100 cm³/mol. The maximum absolute atomic E-state index is 16.9. The Hall–Kier alpha value is -1.70. The summed E-state index contributed by atoms with van der Waals surface area (Å²) in [5.74, 6) is -3.39. The van der Waals surface area contributed by atoms with Gasteiger partial charge in [0, 0.05) is 16.7 Å². The van der Waals surface area contributed by atoms with Crippen LogP contribution in [0.5, 0.6) is 0 Å². The Labute approximate surface area is 168 Å². The Morgan fingerprint density at radius 3 is 2.66 bits per heavy atom. The number of Topliss-reactive ketones (excluding diaryl/α,β-unsaturated/α-hetero) is 1. The molecular weight excluding hydrogens is 379 g/mol. The third kappa shape index (κ3) is 2.19. The van der Waals surface area contributed by atoms with Crippen LogP contribution in [0.25, 0.3) is 0 Å². The van der Waals surface area contributed by atoms with Crippen LogP contribution in [0.4, 0.5) is 4.39 Å². The summed E-state index contributed by atoms with van der Waals surface area (Å²) in [5, 5.41) is 31.9. The average Bonchev–Trinajstić information content (AvgIpc) is 2.91. The van der Waals surface area contributed by atoms with Gasteiger partial charge in [0.25, 0.3) is 0 Å². The number of ketones is 2. The van der Waals surface area contributed by atoms with Gasteiger partial charge in [-0.25, -0.2) is 4.39 Å². The molecule has 3 fully saturated rings. The molecule has 4 aliphatic carbocycles. The molecule has 4 aliphatic rings. The van der Waals surface area contributed by atoms with Gasteiger partial charge in [-0.05, 0) is 50.7 Å². The number of aliphatic hydroxyl groups excluding tert-OH is 2. The van der Waals surface area contributed by atoms with E-state index in [-0.39, 0.29) is 18.6 Å².